The van der Waals surface area contributed by atoms with E-state index in [0.29, 0.717) is 13.1 Å². The molecule has 0 bridgehead atoms. The van der Waals surface area contributed by atoms with Crippen LogP contribution in [0.25, 0.3) is 0 Å². The highest BCUT2D eigenvalue weighted by atomic mass is 16.6. The van der Waals surface area contributed by atoms with Crippen LogP contribution in [0.5, 0.6) is 0 Å². The van der Waals surface area contributed by atoms with E-state index >= 15 is 0 Å². The van der Waals surface area contributed by atoms with E-state index in [1.807, 2.05) is 20.8 Å². The largest absolute Gasteiger partial charge is 0.444 e. The third-order valence-corrected chi connectivity index (χ3v) is 3.27. The number of alkyl carbamates (subject to hydrolysis) is 1. The molecule has 5 nitrogen and oxygen atoms in total. The van der Waals surface area contributed by atoms with Gasteiger partial charge >= 0.3 is 6.09 Å². The average Bonchev–Trinajstić information content (AvgIpc) is 3.09. The van der Waals surface area contributed by atoms with Crippen LogP contribution >= 0.6 is 0 Å². The van der Waals surface area contributed by atoms with Crippen LogP contribution in [0, 0.1) is 5.92 Å². The Kier molecular flexibility index (Phi) is 6.07. The molecule has 3 N–H and O–H groups in total. The summed E-state index contributed by atoms with van der Waals surface area (Å²) < 4.78 is 5.23. The monoisotopic (exact) mass is 271 g/mol. The quantitative estimate of drug-likeness (QED) is 0.737. The number of ether oxygens (including phenoxy) is 1. The van der Waals surface area contributed by atoms with E-state index in [-0.39, 0.29) is 12.1 Å². The van der Waals surface area contributed by atoms with Gasteiger partial charge in [-0.15, -0.1) is 0 Å². The first kappa shape index (κ1) is 16.2. The molecule has 0 saturated heterocycles. The molecule has 19 heavy (non-hydrogen) atoms. The van der Waals surface area contributed by atoms with Gasteiger partial charge in [-0.3, -0.25) is 4.90 Å². The lowest BCUT2D eigenvalue weighted by Gasteiger charge is -2.30. The summed E-state index contributed by atoms with van der Waals surface area (Å²) in [6.07, 6.45) is 2.29. The summed E-state index contributed by atoms with van der Waals surface area (Å²) in [6.45, 7) is 10.9. The highest BCUT2D eigenvalue weighted by molar-refractivity contribution is 5.67. The fourth-order valence-electron chi connectivity index (χ4n) is 2.05. The molecular weight excluding hydrogens is 242 g/mol. The number of nitrogens with one attached hydrogen (secondary N) is 1. The summed E-state index contributed by atoms with van der Waals surface area (Å²) in [5.74, 6) is 0.829. The Labute approximate surface area is 116 Å². The number of likely N-dealkylation sites (N-methyl/N-ethyl adjacent to an activating group) is 1. The molecule has 0 radical (unpaired) electrons. The van der Waals surface area contributed by atoms with Crippen LogP contribution in [0.15, 0.2) is 0 Å². The predicted octanol–water partition coefficient (Wildman–Crippen LogP) is 1.57. The molecule has 0 heterocycles. The van der Waals surface area contributed by atoms with Gasteiger partial charge in [-0.1, -0.05) is 6.92 Å². The van der Waals surface area contributed by atoms with E-state index in [1.165, 1.54) is 12.8 Å². The third-order valence-electron chi connectivity index (χ3n) is 3.27. The molecular formula is C14H29N3O2. The van der Waals surface area contributed by atoms with Crippen molar-refractivity contribution in [3.8, 4) is 0 Å². The molecule has 0 aromatic heterocycles. The molecule has 112 valence electrons. The van der Waals surface area contributed by atoms with Crippen LogP contribution in [0.1, 0.15) is 40.5 Å². The maximum Gasteiger partial charge on any atom is 0.407 e. The maximum absolute atomic E-state index is 11.6. The second-order valence-electron chi connectivity index (χ2n) is 6.30. The minimum absolute atomic E-state index is 0.193. The second kappa shape index (κ2) is 7.10. The van der Waals surface area contributed by atoms with E-state index in [2.05, 4.69) is 17.1 Å². The third kappa shape index (κ3) is 6.78. The van der Waals surface area contributed by atoms with Crippen molar-refractivity contribution in [1.82, 2.24) is 10.2 Å². The molecule has 0 spiro atoms. The van der Waals surface area contributed by atoms with E-state index in [0.717, 1.165) is 19.0 Å². The average molecular weight is 271 g/mol. The van der Waals surface area contributed by atoms with Crippen molar-refractivity contribution < 1.29 is 9.53 Å². The molecule has 0 aromatic rings. The molecule has 1 unspecified atom stereocenters. The van der Waals surface area contributed by atoms with Crippen LogP contribution < -0.4 is 11.1 Å². The van der Waals surface area contributed by atoms with Crippen molar-refractivity contribution in [2.45, 2.75) is 52.2 Å². The van der Waals surface area contributed by atoms with E-state index in [4.69, 9.17) is 10.5 Å². The van der Waals surface area contributed by atoms with Crippen molar-refractivity contribution in [1.29, 1.82) is 0 Å². The van der Waals surface area contributed by atoms with Crippen molar-refractivity contribution in [3.63, 3.8) is 0 Å². The smallest absolute Gasteiger partial charge is 0.407 e. The first-order valence-corrected chi connectivity index (χ1v) is 7.26. The number of carbonyl (C=O) groups is 1. The number of hydrogen-bond acceptors (Lipinski definition) is 4. The van der Waals surface area contributed by atoms with Crippen molar-refractivity contribution >= 4 is 6.09 Å². The normalized spacial score (nSPS) is 17.4. The van der Waals surface area contributed by atoms with Crippen molar-refractivity contribution in [3.05, 3.63) is 0 Å². The van der Waals surface area contributed by atoms with E-state index in [1.54, 1.807) is 0 Å². The van der Waals surface area contributed by atoms with Gasteiger partial charge in [0.25, 0.3) is 0 Å². The fourth-order valence-corrected chi connectivity index (χ4v) is 2.05. The standard InChI is InChI=1S/C14H29N3O2/c1-5-17(10-11-6-7-11)12(8-15)9-16-13(18)19-14(2,3)4/h11-12H,5-10,15H2,1-4H3,(H,16,18). The second-order valence-corrected chi connectivity index (χ2v) is 6.30. The molecule has 1 rings (SSSR count). The van der Waals surface area contributed by atoms with Crippen molar-refractivity contribution in [2.24, 2.45) is 11.7 Å². The summed E-state index contributed by atoms with van der Waals surface area (Å²) in [7, 11) is 0. The Morgan fingerprint density at radius 1 is 1.47 bits per heavy atom. The lowest BCUT2D eigenvalue weighted by molar-refractivity contribution is 0.0508. The van der Waals surface area contributed by atoms with Gasteiger partial charge in [0.2, 0.25) is 0 Å². The number of hydrogen-bond donors (Lipinski definition) is 2. The van der Waals surface area contributed by atoms with Gasteiger partial charge in [0.1, 0.15) is 5.60 Å². The lowest BCUT2D eigenvalue weighted by atomic mass is 10.2. The molecule has 0 aliphatic heterocycles. The SMILES string of the molecule is CCN(CC1CC1)C(CN)CNC(=O)OC(C)(C)C. The fraction of sp³-hybridized carbons (Fsp3) is 0.929. The highest BCUT2D eigenvalue weighted by Gasteiger charge is 2.27. The van der Waals surface area contributed by atoms with Gasteiger partial charge in [0, 0.05) is 25.7 Å². The van der Waals surface area contributed by atoms with Gasteiger partial charge < -0.3 is 15.8 Å². The molecule has 1 fully saturated rings. The van der Waals surface area contributed by atoms with Gasteiger partial charge in [-0.2, -0.15) is 0 Å². The molecule has 1 atom stereocenters. The lowest BCUT2D eigenvalue weighted by Crippen LogP contribution is -2.49. The zero-order valence-corrected chi connectivity index (χ0v) is 12.7. The molecule has 5 heteroatoms. The predicted molar refractivity (Wildman–Crippen MR) is 77.1 cm³/mol. The van der Waals surface area contributed by atoms with Crippen LogP contribution in [0.2, 0.25) is 0 Å². The minimum Gasteiger partial charge on any atom is -0.444 e. The summed E-state index contributed by atoms with van der Waals surface area (Å²) in [4.78, 5) is 14.0. The Morgan fingerprint density at radius 3 is 2.53 bits per heavy atom. The van der Waals surface area contributed by atoms with Gasteiger partial charge in [-0.05, 0) is 46.1 Å². The summed E-state index contributed by atoms with van der Waals surface area (Å²) in [5.41, 5.74) is 5.37. The molecule has 0 aromatic carbocycles. The van der Waals surface area contributed by atoms with E-state index < -0.39 is 5.60 Å². The van der Waals surface area contributed by atoms with Crippen LogP contribution in [0.3, 0.4) is 0 Å². The first-order chi connectivity index (χ1) is 8.85. The van der Waals surface area contributed by atoms with Crippen LogP contribution in [-0.4, -0.2) is 48.8 Å². The summed E-state index contributed by atoms with van der Waals surface area (Å²) >= 11 is 0. The Bertz CT molecular complexity index is 285. The number of amides is 1. The maximum atomic E-state index is 11.6. The van der Waals surface area contributed by atoms with Crippen molar-refractivity contribution in [2.75, 3.05) is 26.2 Å². The topological polar surface area (TPSA) is 67.6 Å². The molecule has 1 amide bonds. The zero-order chi connectivity index (χ0) is 14.5. The molecule has 1 saturated carbocycles. The number of nitrogens with two attached hydrogens (primary N) is 1. The van der Waals surface area contributed by atoms with Gasteiger partial charge in [0.05, 0.1) is 0 Å². The first-order valence-electron chi connectivity index (χ1n) is 7.26. The minimum atomic E-state index is -0.458. The van der Waals surface area contributed by atoms with Gasteiger partial charge in [0.15, 0.2) is 0 Å². The Hall–Kier alpha value is -0.810. The number of nitrogens with zero attached hydrogens (tertiary/aromatic N) is 1. The highest BCUT2D eigenvalue weighted by Crippen LogP contribution is 2.30. The Balaban J connectivity index is 2.35. The summed E-state index contributed by atoms with van der Waals surface area (Å²) in [5, 5.41) is 2.82. The Morgan fingerprint density at radius 2 is 2.11 bits per heavy atom. The molecule has 1 aliphatic rings. The molecule has 1 aliphatic carbocycles. The summed E-state index contributed by atoms with van der Waals surface area (Å²) in [6, 6.07) is 0.193. The number of carbonyl (C=O) groups excluding carboxylic acids is 1. The number of rotatable bonds is 7. The van der Waals surface area contributed by atoms with Crippen LogP contribution in [0.4, 0.5) is 4.79 Å². The van der Waals surface area contributed by atoms with Gasteiger partial charge in [-0.25, -0.2) is 4.79 Å². The van der Waals surface area contributed by atoms with Crippen LogP contribution in [-0.2, 0) is 4.74 Å². The zero-order valence-electron chi connectivity index (χ0n) is 12.7. The van der Waals surface area contributed by atoms with E-state index in [9.17, 15) is 4.79 Å².